The van der Waals surface area contributed by atoms with Gasteiger partial charge in [0.2, 0.25) is 5.91 Å². The van der Waals surface area contributed by atoms with Crippen molar-refractivity contribution in [3.05, 3.63) is 22.4 Å². The number of carboxylic acids is 1. The summed E-state index contributed by atoms with van der Waals surface area (Å²) in [6, 6.07) is 3.73. The molecule has 0 bridgehead atoms. The number of carbonyl (C=O) groups is 3. The lowest BCUT2D eigenvalue weighted by atomic mass is 9.94. The number of esters is 1. The van der Waals surface area contributed by atoms with E-state index in [0.29, 0.717) is 25.9 Å². The first kappa shape index (κ1) is 17.5. The highest BCUT2D eigenvalue weighted by Gasteiger charge is 2.29. The van der Waals surface area contributed by atoms with Gasteiger partial charge in [-0.2, -0.15) is 0 Å². The average molecular weight is 339 g/mol. The molecule has 2 rings (SSSR count). The Balaban J connectivity index is 1.92. The van der Waals surface area contributed by atoms with Crippen LogP contribution in [0.1, 0.15) is 36.5 Å². The van der Waals surface area contributed by atoms with Gasteiger partial charge in [-0.15, -0.1) is 11.3 Å². The van der Waals surface area contributed by atoms with Crippen LogP contribution in [-0.2, 0) is 19.1 Å². The molecule has 1 saturated heterocycles. The number of piperidine rings is 1. The van der Waals surface area contributed by atoms with Gasteiger partial charge < -0.3 is 14.7 Å². The van der Waals surface area contributed by atoms with Gasteiger partial charge in [0, 0.05) is 30.3 Å². The standard InChI is InChI=1S/C16H21NO5S/c1-22-16(21)11-4-6-17(7-5-11)14(18)9-12(10-15(19)20)13-3-2-8-23-13/h2-3,8,11-12H,4-7,9-10H2,1H3,(H,19,20). The van der Waals surface area contributed by atoms with Crippen LogP contribution in [0.2, 0.25) is 0 Å². The molecule has 0 spiro atoms. The third kappa shape index (κ3) is 4.79. The molecule has 0 aromatic carbocycles. The predicted molar refractivity (Wildman–Crippen MR) is 85.2 cm³/mol. The van der Waals surface area contributed by atoms with Crippen LogP contribution in [0.25, 0.3) is 0 Å². The number of methoxy groups -OCH3 is 1. The molecule has 1 unspecified atom stereocenters. The Bertz CT molecular complexity index is 549. The van der Waals surface area contributed by atoms with Gasteiger partial charge in [0.15, 0.2) is 0 Å². The second-order valence-electron chi connectivity index (χ2n) is 5.69. The Morgan fingerprint density at radius 1 is 1.35 bits per heavy atom. The summed E-state index contributed by atoms with van der Waals surface area (Å²) in [5.74, 6) is -1.61. The molecule has 2 heterocycles. The Morgan fingerprint density at radius 3 is 2.57 bits per heavy atom. The number of hydrogen-bond donors (Lipinski definition) is 1. The normalized spacial score (nSPS) is 16.8. The van der Waals surface area contributed by atoms with Crippen molar-refractivity contribution in [3.8, 4) is 0 Å². The number of ether oxygens (including phenoxy) is 1. The maximum absolute atomic E-state index is 12.5. The van der Waals surface area contributed by atoms with Crippen molar-refractivity contribution in [2.24, 2.45) is 5.92 Å². The second kappa shape index (κ2) is 8.10. The minimum absolute atomic E-state index is 0.0482. The third-order valence-corrected chi connectivity index (χ3v) is 5.20. The number of thiophene rings is 1. The number of carboxylic acid groups (broad SMARTS) is 1. The molecular formula is C16H21NO5S. The summed E-state index contributed by atoms with van der Waals surface area (Å²) < 4.78 is 4.74. The lowest BCUT2D eigenvalue weighted by Gasteiger charge is -2.31. The van der Waals surface area contributed by atoms with Crippen molar-refractivity contribution in [2.45, 2.75) is 31.6 Å². The topological polar surface area (TPSA) is 83.9 Å². The van der Waals surface area contributed by atoms with Crippen LogP contribution >= 0.6 is 11.3 Å². The van der Waals surface area contributed by atoms with Crippen molar-refractivity contribution >= 4 is 29.2 Å². The van der Waals surface area contributed by atoms with Crippen molar-refractivity contribution in [3.63, 3.8) is 0 Å². The van der Waals surface area contributed by atoms with Gasteiger partial charge >= 0.3 is 11.9 Å². The highest BCUT2D eigenvalue weighted by Crippen LogP contribution is 2.29. The van der Waals surface area contributed by atoms with E-state index in [1.165, 1.54) is 18.4 Å². The first-order chi connectivity index (χ1) is 11.0. The molecule has 1 amide bonds. The van der Waals surface area contributed by atoms with Crippen molar-refractivity contribution in [2.75, 3.05) is 20.2 Å². The van der Waals surface area contributed by atoms with Gasteiger partial charge in [-0.3, -0.25) is 14.4 Å². The molecule has 1 aromatic rings. The van der Waals surface area contributed by atoms with Crippen LogP contribution in [0.15, 0.2) is 17.5 Å². The first-order valence-corrected chi connectivity index (χ1v) is 8.50. The minimum atomic E-state index is -0.902. The van der Waals surface area contributed by atoms with E-state index < -0.39 is 5.97 Å². The number of likely N-dealkylation sites (tertiary alicyclic amines) is 1. The maximum atomic E-state index is 12.5. The summed E-state index contributed by atoms with van der Waals surface area (Å²) >= 11 is 1.47. The Kier molecular flexibility index (Phi) is 6.15. The van der Waals surface area contributed by atoms with Gasteiger partial charge in [-0.1, -0.05) is 6.07 Å². The summed E-state index contributed by atoms with van der Waals surface area (Å²) in [6.07, 6.45) is 1.34. The van der Waals surface area contributed by atoms with E-state index in [-0.39, 0.29) is 36.6 Å². The van der Waals surface area contributed by atoms with E-state index in [1.54, 1.807) is 4.90 Å². The molecule has 0 saturated carbocycles. The second-order valence-corrected chi connectivity index (χ2v) is 6.67. The molecule has 0 aliphatic carbocycles. The lowest BCUT2D eigenvalue weighted by Crippen LogP contribution is -2.41. The first-order valence-electron chi connectivity index (χ1n) is 7.62. The number of carbonyl (C=O) groups excluding carboxylic acids is 2. The summed E-state index contributed by atoms with van der Waals surface area (Å²) in [7, 11) is 1.37. The van der Waals surface area contributed by atoms with E-state index in [9.17, 15) is 14.4 Å². The summed E-state index contributed by atoms with van der Waals surface area (Å²) in [6.45, 7) is 1.03. The number of nitrogens with zero attached hydrogens (tertiary/aromatic N) is 1. The minimum Gasteiger partial charge on any atom is -0.481 e. The quantitative estimate of drug-likeness (QED) is 0.803. The molecular weight excluding hydrogens is 318 g/mol. The van der Waals surface area contributed by atoms with Crippen molar-refractivity contribution in [1.29, 1.82) is 0 Å². The van der Waals surface area contributed by atoms with Crippen molar-refractivity contribution in [1.82, 2.24) is 4.90 Å². The molecule has 1 N–H and O–H groups in total. The van der Waals surface area contributed by atoms with E-state index >= 15 is 0 Å². The largest absolute Gasteiger partial charge is 0.481 e. The zero-order valence-corrected chi connectivity index (χ0v) is 13.9. The molecule has 126 valence electrons. The van der Waals surface area contributed by atoms with E-state index in [2.05, 4.69) is 0 Å². The zero-order chi connectivity index (χ0) is 16.8. The van der Waals surface area contributed by atoms with Crippen molar-refractivity contribution < 1.29 is 24.2 Å². The Hall–Kier alpha value is -1.89. The number of amides is 1. The van der Waals surface area contributed by atoms with Gasteiger partial charge in [-0.05, 0) is 24.3 Å². The fraction of sp³-hybridized carbons (Fsp3) is 0.562. The summed E-state index contributed by atoms with van der Waals surface area (Å²) in [5.41, 5.74) is 0. The molecule has 7 heteroatoms. The third-order valence-electron chi connectivity index (χ3n) is 4.17. The highest BCUT2D eigenvalue weighted by molar-refractivity contribution is 7.10. The van der Waals surface area contributed by atoms with Crippen LogP contribution < -0.4 is 0 Å². The van der Waals surface area contributed by atoms with Crippen LogP contribution in [0.3, 0.4) is 0 Å². The Morgan fingerprint density at radius 2 is 2.04 bits per heavy atom. The van der Waals surface area contributed by atoms with E-state index in [0.717, 1.165) is 4.88 Å². The van der Waals surface area contributed by atoms with E-state index in [4.69, 9.17) is 9.84 Å². The highest BCUT2D eigenvalue weighted by atomic mass is 32.1. The SMILES string of the molecule is COC(=O)C1CCN(C(=O)CC(CC(=O)O)c2cccs2)CC1. The molecule has 0 radical (unpaired) electrons. The molecule has 1 aliphatic heterocycles. The number of rotatable bonds is 6. The van der Waals surface area contributed by atoms with Gasteiger partial charge in [-0.25, -0.2) is 0 Å². The molecule has 6 nitrogen and oxygen atoms in total. The smallest absolute Gasteiger partial charge is 0.308 e. The van der Waals surface area contributed by atoms with Crippen LogP contribution in [0.5, 0.6) is 0 Å². The molecule has 1 fully saturated rings. The average Bonchev–Trinajstić information content (AvgIpc) is 3.07. The van der Waals surface area contributed by atoms with Crippen LogP contribution in [-0.4, -0.2) is 48.1 Å². The summed E-state index contributed by atoms with van der Waals surface area (Å²) in [4.78, 5) is 37.6. The van der Waals surface area contributed by atoms with Gasteiger partial charge in [0.25, 0.3) is 0 Å². The fourth-order valence-electron chi connectivity index (χ4n) is 2.88. The predicted octanol–water partition coefficient (Wildman–Crippen LogP) is 2.11. The molecule has 1 atom stereocenters. The van der Waals surface area contributed by atoms with Gasteiger partial charge in [0.05, 0.1) is 19.4 Å². The maximum Gasteiger partial charge on any atom is 0.308 e. The fourth-order valence-corrected chi connectivity index (χ4v) is 3.71. The van der Waals surface area contributed by atoms with Gasteiger partial charge in [0.1, 0.15) is 0 Å². The van der Waals surface area contributed by atoms with E-state index in [1.807, 2.05) is 17.5 Å². The molecule has 1 aliphatic rings. The molecule has 23 heavy (non-hydrogen) atoms. The lowest BCUT2D eigenvalue weighted by molar-refractivity contribution is -0.149. The summed E-state index contributed by atoms with van der Waals surface area (Å²) in [5, 5.41) is 10.9. The monoisotopic (exact) mass is 339 g/mol. The number of hydrogen-bond acceptors (Lipinski definition) is 5. The Labute approximate surface area is 139 Å². The van der Waals surface area contributed by atoms with Crippen LogP contribution in [0.4, 0.5) is 0 Å². The number of aliphatic carboxylic acids is 1. The zero-order valence-electron chi connectivity index (χ0n) is 13.1. The van der Waals surface area contributed by atoms with Crippen LogP contribution in [0, 0.1) is 5.92 Å². The molecule has 1 aromatic heterocycles.